The lowest BCUT2D eigenvalue weighted by Crippen LogP contribution is -1.90. The van der Waals surface area contributed by atoms with Gasteiger partial charge in [0.15, 0.2) is 0 Å². The molecule has 1 heterocycles. The predicted molar refractivity (Wildman–Crippen MR) is 41.6 cm³/mol. The van der Waals surface area contributed by atoms with E-state index < -0.39 is 0 Å². The molecule has 2 nitrogen and oxygen atoms in total. The molecule has 2 rings (SSSR count). The SMILES string of the molecule is OCc1cccc2c1OCC2. The number of fused-ring (bicyclic) bond motifs is 1. The van der Waals surface area contributed by atoms with Crippen LogP contribution in [0.5, 0.6) is 5.75 Å². The van der Waals surface area contributed by atoms with E-state index in [0.29, 0.717) is 0 Å². The third-order valence-electron chi connectivity index (χ3n) is 1.97. The lowest BCUT2D eigenvalue weighted by molar-refractivity contribution is 0.271. The van der Waals surface area contributed by atoms with Crippen molar-refractivity contribution in [3.63, 3.8) is 0 Å². The van der Waals surface area contributed by atoms with Crippen LogP contribution >= 0.6 is 0 Å². The van der Waals surface area contributed by atoms with Crippen LogP contribution in [0, 0.1) is 0 Å². The van der Waals surface area contributed by atoms with Crippen LogP contribution in [0.25, 0.3) is 0 Å². The van der Waals surface area contributed by atoms with Crippen LogP contribution in [0.15, 0.2) is 18.2 Å². The molecule has 11 heavy (non-hydrogen) atoms. The lowest BCUT2D eigenvalue weighted by Gasteiger charge is -2.03. The molecule has 1 aromatic rings. The van der Waals surface area contributed by atoms with Gasteiger partial charge in [-0.3, -0.25) is 0 Å². The number of benzene rings is 1. The maximum absolute atomic E-state index is 8.92. The van der Waals surface area contributed by atoms with Gasteiger partial charge in [-0.2, -0.15) is 0 Å². The molecular weight excluding hydrogens is 140 g/mol. The van der Waals surface area contributed by atoms with E-state index in [1.807, 2.05) is 18.2 Å². The van der Waals surface area contributed by atoms with Crippen LogP contribution in [0.1, 0.15) is 11.1 Å². The van der Waals surface area contributed by atoms with Gasteiger partial charge < -0.3 is 9.84 Å². The molecular formula is C9H10O2. The van der Waals surface area contributed by atoms with Crippen LogP contribution in [-0.2, 0) is 13.0 Å². The van der Waals surface area contributed by atoms with Gasteiger partial charge in [-0.05, 0) is 5.56 Å². The minimum Gasteiger partial charge on any atom is -0.493 e. The monoisotopic (exact) mass is 150 g/mol. The van der Waals surface area contributed by atoms with Gasteiger partial charge in [0, 0.05) is 12.0 Å². The summed E-state index contributed by atoms with van der Waals surface area (Å²) in [6.45, 7) is 0.829. The molecule has 1 aromatic carbocycles. The molecule has 1 N–H and O–H groups in total. The molecule has 0 saturated carbocycles. The van der Waals surface area contributed by atoms with Crippen molar-refractivity contribution >= 4 is 0 Å². The summed E-state index contributed by atoms with van der Waals surface area (Å²) in [5.41, 5.74) is 2.12. The zero-order chi connectivity index (χ0) is 7.68. The number of para-hydroxylation sites is 1. The van der Waals surface area contributed by atoms with Crippen molar-refractivity contribution in [3.8, 4) is 5.75 Å². The largest absolute Gasteiger partial charge is 0.493 e. The summed E-state index contributed by atoms with van der Waals surface area (Å²) in [5, 5.41) is 8.92. The van der Waals surface area contributed by atoms with Crippen LogP contribution in [0.4, 0.5) is 0 Å². The van der Waals surface area contributed by atoms with Crippen molar-refractivity contribution in [1.82, 2.24) is 0 Å². The van der Waals surface area contributed by atoms with E-state index >= 15 is 0 Å². The molecule has 0 saturated heterocycles. The second-order valence-electron chi connectivity index (χ2n) is 2.66. The zero-order valence-electron chi connectivity index (χ0n) is 6.21. The third kappa shape index (κ3) is 0.994. The summed E-state index contributed by atoms with van der Waals surface area (Å²) in [4.78, 5) is 0. The average Bonchev–Trinajstić information content (AvgIpc) is 2.50. The van der Waals surface area contributed by atoms with E-state index in [1.165, 1.54) is 5.56 Å². The molecule has 0 bridgehead atoms. The highest BCUT2D eigenvalue weighted by molar-refractivity contribution is 5.43. The number of rotatable bonds is 1. The highest BCUT2D eigenvalue weighted by Gasteiger charge is 2.14. The van der Waals surface area contributed by atoms with Gasteiger partial charge in [-0.15, -0.1) is 0 Å². The quantitative estimate of drug-likeness (QED) is 0.650. The predicted octanol–water partition coefficient (Wildman–Crippen LogP) is 1.11. The zero-order valence-corrected chi connectivity index (χ0v) is 6.21. The number of aliphatic hydroxyl groups is 1. The Morgan fingerprint density at radius 1 is 1.45 bits per heavy atom. The van der Waals surface area contributed by atoms with Gasteiger partial charge in [-0.25, -0.2) is 0 Å². The first-order chi connectivity index (χ1) is 5.42. The Morgan fingerprint density at radius 2 is 2.36 bits per heavy atom. The van der Waals surface area contributed by atoms with E-state index in [9.17, 15) is 0 Å². The minimum atomic E-state index is 0.0726. The maximum atomic E-state index is 8.92. The Labute approximate surface area is 65.4 Å². The van der Waals surface area contributed by atoms with Gasteiger partial charge in [0.25, 0.3) is 0 Å². The molecule has 0 fully saturated rings. The fourth-order valence-electron chi connectivity index (χ4n) is 1.41. The van der Waals surface area contributed by atoms with Gasteiger partial charge >= 0.3 is 0 Å². The molecule has 0 atom stereocenters. The van der Waals surface area contributed by atoms with Crippen molar-refractivity contribution < 1.29 is 9.84 Å². The highest BCUT2D eigenvalue weighted by Crippen LogP contribution is 2.28. The first kappa shape index (κ1) is 6.68. The molecule has 0 amide bonds. The Morgan fingerprint density at radius 3 is 3.18 bits per heavy atom. The summed E-state index contributed by atoms with van der Waals surface area (Å²) in [6, 6.07) is 5.89. The Balaban J connectivity index is 2.50. The van der Waals surface area contributed by atoms with Crippen LogP contribution in [0.3, 0.4) is 0 Å². The molecule has 1 aliphatic heterocycles. The Hall–Kier alpha value is -1.02. The highest BCUT2D eigenvalue weighted by atomic mass is 16.5. The van der Waals surface area contributed by atoms with E-state index in [0.717, 1.165) is 24.3 Å². The maximum Gasteiger partial charge on any atom is 0.128 e. The van der Waals surface area contributed by atoms with Crippen molar-refractivity contribution in [2.24, 2.45) is 0 Å². The second-order valence-corrected chi connectivity index (χ2v) is 2.66. The topological polar surface area (TPSA) is 29.5 Å². The first-order valence-corrected chi connectivity index (χ1v) is 3.76. The molecule has 0 spiro atoms. The lowest BCUT2D eigenvalue weighted by atomic mass is 10.1. The fraction of sp³-hybridized carbons (Fsp3) is 0.333. The normalized spacial score (nSPS) is 14.3. The van der Waals surface area contributed by atoms with E-state index in [-0.39, 0.29) is 6.61 Å². The molecule has 0 radical (unpaired) electrons. The van der Waals surface area contributed by atoms with E-state index in [2.05, 4.69) is 0 Å². The summed E-state index contributed by atoms with van der Waals surface area (Å²) >= 11 is 0. The van der Waals surface area contributed by atoms with E-state index in [1.54, 1.807) is 0 Å². The van der Waals surface area contributed by atoms with Crippen LogP contribution in [-0.4, -0.2) is 11.7 Å². The van der Waals surface area contributed by atoms with Gasteiger partial charge in [0.2, 0.25) is 0 Å². The number of hydrogen-bond acceptors (Lipinski definition) is 2. The molecule has 0 unspecified atom stereocenters. The van der Waals surface area contributed by atoms with E-state index in [4.69, 9.17) is 9.84 Å². The van der Waals surface area contributed by atoms with Crippen molar-refractivity contribution in [2.45, 2.75) is 13.0 Å². The Kier molecular flexibility index (Phi) is 1.55. The van der Waals surface area contributed by atoms with Crippen LogP contribution in [0.2, 0.25) is 0 Å². The number of ether oxygens (including phenoxy) is 1. The van der Waals surface area contributed by atoms with Crippen molar-refractivity contribution in [3.05, 3.63) is 29.3 Å². The van der Waals surface area contributed by atoms with Crippen molar-refractivity contribution in [1.29, 1.82) is 0 Å². The van der Waals surface area contributed by atoms with Gasteiger partial charge in [-0.1, -0.05) is 18.2 Å². The van der Waals surface area contributed by atoms with Crippen LogP contribution < -0.4 is 4.74 Å². The molecule has 1 aliphatic rings. The Bertz CT molecular complexity index is 268. The molecule has 58 valence electrons. The van der Waals surface area contributed by atoms with Gasteiger partial charge in [0.1, 0.15) is 5.75 Å². The summed E-state index contributed by atoms with van der Waals surface area (Å²) in [7, 11) is 0. The first-order valence-electron chi connectivity index (χ1n) is 3.76. The summed E-state index contributed by atoms with van der Waals surface area (Å²) < 4.78 is 5.36. The smallest absolute Gasteiger partial charge is 0.128 e. The molecule has 2 heteroatoms. The molecule has 0 aromatic heterocycles. The third-order valence-corrected chi connectivity index (χ3v) is 1.97. The second kappa shape index (κ2) is 2.55. The number of hydrogen-bond donors (Lipinski definition) is 1. The summed E-state index contributed by atoms with van der Waals surface area (Å²) in [5.74, 6) is 0.898. The average molecular weight is 150 g/mol. The summed E-state index contributed by atoms with van der Waals surface area (Å²) in [6.07, 6.45) is 0.975. The standard InChI is InChI=1S/C9H10O2/c10-6-8-3-1-2-7-4-5-11-9(7)8/h1-3,10H,4-6H2. The number of aliphatic hydroxyl groups excluding tert-OH is 1. The minimum absolute atomic E-state index is 0.0726. The fourth-order valence-corrected chi connectivity index (χ4v) is 1.41. The van der Waals surface area contributed by atoms with Gasteiger partial charge in [0.05, 0.1) is 13.2 Å². The molecule has 0 aliphatic carbocycles. The van der Waals surface area contributed by atoms with Crippen molar-refractivity contribution in [2.75, 3.05) is 6.61 Å².